The van der Waals surface area contributed by atoms with Crippen LogP contribution < -0.4 is 0 Å². The number of ketones is 1. The molecule has 0 spiro atoms. The summed E-state index contributed by atoms with van der Waals surface area (Å²) < 4.78 is 5.11. The minimum absolute atomic E-state index is 0. The molecule has 0 saturated carbocycles. The van der Waals surface area contributed by atoms with Crippen LogP contribution in [0, 0.1) is 0 Å². The van der Waals surface area contributed by atoms with Crippen molar-refractivity contribution in [2.24, 2.45) is 0 Å². The first-order chi connectivity index (χ1) is 6.39. The summed E-state index contributed by atoms with van der Waals surface area (Å²) in [7, 11) is -1.65. The molecule has 0 atom stereocenters. The Morgan fingerprint density at radius 1 is 1.47 bits per heavy atom. The van der Waals surface area contributed by atoms with Crippen LogP contribution in [0.25, 0.3) is 0 Å². The normalized spacial score (nSPS) is 10.1. The maximum Gasteiger partial charge on any atom is 0.193 e. The topological polar surface area (TPSA) is 74.9 Å². The van der Waals surface area contributed by atoms with Crippen molar-refractivity contribution in [2.75, 3.05) is 6.61 Å². The van der Waals surface area contributed by atoms with Crippen LogP contribution in [0.4, 0.5) is 0 Å². The second-order valence-corrected chi connectivity index (χ2v) is 8.75. The summed E-state index contributed by atoms with van der Waals surface area (Å²) >= 11 is 0. The zero-order valence-electron chi connectivity index (χ0n) is 9.63. The third-order valence-electron chi connectivity index (χ3n) is 1.95. The molecule has 88 valence electrons. The van der Waals surface area contributed by atoms with E-state index in [-0.39, 0.29) is 17.0 Å². The molecule has 0 unspecified atom stereocenters. The number of ether oxygens (including phenoxy) is 1. The fraction of sp³-hybridized carbons (Fsp3) is 0.600. The Morgan fingerprint density at radius 2 is 2.00 bits per heavy atom. The van der Waals surface area contributed by atoms with E-state index in [1.807, 2.05) is 13.1 Å². The number of allylic oxidation sites excluding steroid dienone is 1. The molecular weight excluding hydrogens is 212 g/mol. The van der Waals surface area contributed by atoms with Gasteiger partial charge in [-0.25, -0.2) is 0 Å². The molecule has 0 saturated heterocycles. The first-order valence-corrected chi connectivity index (χ1v) is 7.96. The van der Waals surface area contributed by atoms with Crippen molar-refractivity contribution in [2.45, 2.75) is 32.5 Å². The number of Topliss-reactive ketones (excluding diaryl/α,β-unsaturated/α-hetero) is 1. The fourth-order valence-corrected chi connectivity index (χ4v) is 2.06. The maximum absolute atomic E-state index is 10.7. The van der Waals surface area contributed by atoms with Crippen LogP contribution in [-0.2, 0) is 14.3 Å². The second-order valence-electron chi connectivity index (χ2n) is 4.04. The van der Waals surface area contributed by atoms with E-state index in [4.69, 9.17) is 4.74 Å². The van der Waals surface area contributed by atoms with E-state index in [1.165, 1.54) is 6.92 Å². The van der Waals surface area contributed by atoms with Crippen molar-refractivity contribution >= 4 is 19.8 Å². The van der Waals surface area contributed by atoms with Crippen molar-refractivity contribution in [1.82, 2.24) is 0 Å². The zero-order chi connectivity index (χ0) is 11.2. The van der Waals surface area contributed by atoms with Crippen LogP contribution in [-0.4, -0.2) is 31.8 Å². The van der Waals surface area contributed by atoms with Crippen LogP contribution >= 0.6 is 0 Å². The van der Waals surface area contributed by atoms with Gasteiger partial charge in [0.2, 0.25) is 0 Å². The van der Waals surface area contributed by atoms with Crippen LogP contribution in [0.1, 0.15) is 13.3 Å². The van der Waals surface area contributed by atoms with Gasteiger partial charge >= 0.3 is 0 Å². The Kier molecular flexibility index (Phi) is 8.09. The number of hydrogen-bond acceptors (Lipinski definition) is 3. The molecule has 5 heteroatoms. The van der Waals surface area contributed by atoms with Gasteiger partial charge < -0.3 is 15.0 Å². The van der Waals surface area contributed by atoms with Gasteiger partial charge in [0, 0.05) is 6.92 Å². The van der Waals surface area contributed by atoms with Gasteiger partial charge in [-0.1, -0.05) is 19.7 Å². The lowest BCUT2D eigenvalue weighted by molar-refractivity contribution is -0.116. The summed E-state index contributed by atoms with van der Waals surface area (Å²) in [5, 5.41) is 0. The standard InChI is InChI=1S/C10H18O3Si.H2O/c1-9(12)10(2)13-6-5-7-14(3,4)8-11;/h8H,2,5-7H2,1,3-4H3;1H2. The molecule has 0 aromatic rings. The number of carbonyl (C=O) groups excluding carboxylic acids is 2. The molecule has 0 amide bonds. The van der Waals surface area contributed by atoms with Gasteiger partial charge in [-0.3, -0.25) is 4.79 Å². The lowest BCUT2D eigenvalue weighted by atomic mass is 10.4. The van der Waals surface area contributed by atoms with E-state index in [0.717, 1.165) is 18.4 Å². The third-order valence-corrected chi connectivity index (χ3v) is 4.23. The molecular formula is C10H20O4Si. The molecule has 0 aromatic heterocycles. The molecule has 2 N–H and O–H groups in total. The Morgan fingerprint density at radius 3 is 2.40 bits per heavy atom. The SMILES string of the molecule is C=C(OCCC[Si](C)(C)C=O)C(C)=O.O. The Bertz CT molecular complexity index is 236. The predicted molar refractivity (Wildman–Crippen MR) is 63.0 cm³/mol. The second kappa shape index (κ2) is 7.36. The molecule has 0 fully saturated rings. The number of rotatable bonds is 7. The smallest absolute Gasteiger partial charge is 0.193 e. The van der Waals surface area contributed by atoms with Gasteiger partial charge in [0.15, 0.2) is 11.5 Å². The van der Waals surface area contributed by atoms with Crippen LogP contribution in [0.15, 0.2) is 12.3 Å². The van der Waals surface area contributed by atoms with Gasteiger partial charge in [-0.2, -0.15) is 0 Å². The minimum Gasteiger partial charge on any atom is -0.491 e. The molecule has 15 heavy (non-hydrogen) atoms. The highest BCUT2D eigenvalue weighted by Gasteiger charge is 2.19. The third kappa shape index (κ3) is 8.08. The zero-order valence-corrected chi connectivity index (χ0v) is 10.6. The lowest BCUT2D eigenvalue weighted by Gasteiger charge is -2.13. The van der Waals surface area contributed by atoms with E-state index >= 15 is 0 Å². The summed E-state index contributed by atoms with van der Waals surface area (Å²) in [5.41, 5.74) is 0. The average molecular weight is 232 g/mol. The van der Waals surface area contributed by atoms with Crippen molar-refractivity contribution in [3.63, 3.8) is 0 Å². The largest absolute Gasteiger partial charge is 0.491 e. The first kappa shape index (κ1) is 16.5. The van der Waals surface area contributed by atoms with E-state index in [9.17, 15) is 9.59 Å². The fourth-order valence-electron chi connectivity index (χ4n) is 0.884. The van der Waals surface area contributed by atoms with E-state index in [2.05, 4.69) is 6.58 Å². The molecule has 0 heterocycles. The van der Waals surface area contributed by atoms with Gasteiger partial charge in [-0.05, 0) is 12.5 Å². The minimum atomic E-state index is -1.65. The summed E-state index contributed by atoms with van der Waals surface area (Å²) in [6.45, 7) is 9.40. The quantitative estimate of drug-likeness (QED) is 0.217. The Balaban J connectivity index is 0. The van der Waals surface area contributed by atoms with E-state index < -0.39 is 8.07 Å². The summed E-state index contributed by atoms with van der Waals surface area (Å²) in [4.78, 5) is 21.3. The molecule has 0 rings (SSSR count). The lowest BCUT2D eigenvalue weighted by Crippen LogP contribution is -2.27. The van der Waals surface area contributed by atoms with Gasteiger partial charge in [0.25, 0.3) is 0 Å². The first-order valence-electron chi connectivity index (χ1n) is 4.68. The average Bonchev–Trinajstić information content (AvgIpc) is 2.12. The number of carbonyl (C=O) groups is 2. The van der Waals surface area contributed by atoms with Crippen LogP contribution in [0.3, 0.4) is 0 Å². The van der Waals surface area contributed by atoms with Crippen molar-refractivity contribution < 1.29 is 19.8 Å². The highest BCUT2D eigenvalue weighted by molar-refractivity contribution is 6.99. The Hall–Kier alpha value is -0.943. The number of hydrogen-bond donors (Lipinski definition) is 0. The maximum atomic E-state index is 10.7. The molecule has 0 aliphatic carbocycles. The van der Waals surface area contributed by atoms with Gasteiger partial charge in [0.1, 0.15) is 8.07 Å². The monoisotopic (exact) mass is 232 g/mol. The van der Waals surface area contributed by atoms with Crippen LogP contribution in [0.2, 0.25) is 19.1 Å². The predicted octanol–water partition coefficient (Wildman–Crippen LogP) is 1.15. The van der Waals surface area contributed by atoms with Crippen molar-refractivity contribution in [3.8, 4) is 0 Å². The molecule has 0 aromatic carbocycles. The summed E-state index contributed by atoms with van der Waals surface area (Å²) in [6.07, 6.45) is 0.810. The van der Waals surface area contributed by atoms with Crippen molar-refractivity contribution in [1.29, 1.82) is 0 Å². The van der Waals surface area contributed by atoms with Gasteiger partial charge in [-0.15, -0.1) is 0 Å². The Labute approximate surface area is 91.6 Å². The van der Waals surface area contributed by atoms with Crippen molar-refractivity contribution in [3.05, 3.63) is 12.3 Å². The molecule has 0 radical (unpaired) electrons. The van der Waals surface area contributed by atoms with Gasteiger partial charge in [0.05, 0.1) is 12.5 Å². The highest BCUT2D eigenvalue weighted by Crippen LogP contribution is 2.09. The van der Waals surface area contributed by atoms with E-state index in [1.54, 1.807) is 0 Å². The summed E-state index contributed by atoms with van der Waals surface area (Å²) in [6, 6.07) is 0.891. The molecule has 0 bridgehead atoms. The van der Waals surface area contributed by atoms with Crippen LogP contribution in [0.5, 0.6) is 0 Å². The highest BCUT2D eigenvalue weighted by atomic mass is 28.3. The van der Waals surface area contributed by atoms with E-state index in [0.29, 0.717) is 6.61 Å². The molecule has 0 aliphatic heterocycles. The summed E-state index contributed by atoms with van der Waals surface area (Å²) in [5.74, 6) is 1.14. The molecule has 0 aliphatic rings. The molecule has 4 nitrogen and oxygen atoms in total.